The van der Waals surface area contributed by atoms with Gasteiger partial charge in [-0.15, -0.1) is 0 Å². The van der Waals surface area contributed by atoms with Crippen LogP contribution in [0.15, 0.2) is 83.6 Å². The van der Waals surface area contributed by atoms with Gasteiger partial charge in [-0.25, -0.2) is 19.2 Å². The van der Waals surface area contributed by atoms with E-state index in [9.17, 15) is 28.8 Å². The molecule has 0 aliphatic carbocycles. The summed E-state index contributed by atoms with van der Waals surface area (Å²) >= 11 is 0. The van der Waals surface area contributed by atoms with Crippen LogP contribution in [0, 0.1) is 23.7 Å². The summed E-state index contributed by atoms with van der Waals surface area (Å²) in [7, 11) is 5.43. The summed E-state index contributed by atoms with van der Waals surface area (Å²) in [5, 5.41) is 32.8. The molecule has 0 spiro atoms. The van der Waals surface area contributed by atoms with Gasteiger partial charge in [0.25, 0.3) is 23.6 Å². The Labute approximate surface area is 514 Å². The highest BCUT2D eigenvalue weighted by Gasteiger charge is 2.43. The fourth-order valence-corrected chi connectivity index (χ4v) is 10.1. The molecule has 0 radical (unpaired) electrons. The minimum absolute atomic E-state index is 0.0385. The van der Waals surface area contributed by atoms with Crippen molar-refractivity contribution in [3.63, 3.8) is 0 Å². The first-order valence-electron chi connectivity index (χ1n) is 29.5. The summed E-state index contributed by atoms with van der Waals surface area (Å²) in [6, 6.07) is 8.68. The van der Waals surface area contributed by atoms with Crippen LogP contribution in [0.4, 0.5) is 0 Å². The van der Waals surface area contributed by atoms with Gasteiger partial charge in [0.2, 0.25) is 0 Å². The van der Waals surface area contributed by atoms with Crippen molar-refractivity contribution in [2.45, 2.75) is 169 Å². The normalized spacial score (nSPS) is 22.6. The number of benzene rings is 2. The third kappa shape index (κ3) is 19.1. The van der Waals surface area contributed by atoms with Crippen LogP contribution < -0.4 is 11.5 Å². The number of aromatic nitrogens is 4. The number of cyclic esters (lactones) is 4. The number of rotatable bonds is 18. The van der Waals surface area contributed by atoms with Gasteiger partial charge in [0.05, 0.1) is 36.6 Å². The monoisotopic (exact) mass is 1220 g/mol. The largest absolute Gasteiger partial charge is 0.451 e. The minimum Gasteiger partial charge on any atom is -0.451 e. The van der Waals surface area contributed by atoms with Gasteiger partial charge >= 0.3 is 23.9 Å². The topological polar surface area (TPSA) is 339 Å². The second-order valence-corrected chi connectivity index (χ2v) is 24.3. The van der Waals surface area contributed by atoms with E-state index in [0.717, 1.165) is 30.7 Å². The number of esters is 4. The first kappa shape index (κ1) is 69.9. The zero-order valence-corrected chi connectivity index (χ0v) is 52.9. The third-order valence-electron chi connectivity index (χ3n) is 15.1. The SMILES string of the molecule is CC(C)C[C@H]1C(=O)O[C@H](Cc2ccc(Cn3cc(/C(N)=N/O)cn3)cc2)C(=O)N(C)[C@@H](CC(C)C)C(=O)O[C@H](C)C(=O)N(C)[C@@H](CC(C)C)C(=O)O[C@H](Cc2ccc(Cn3cc(/C(N)=N/O)cn3)cc2)C(=O)N(C)[C@@H](CC(C)C)C(=O)O[C@H](C)C(=O)N1C. The Morgan fingerprint density at radius 3 is 0.989 bits per heavy atom. The molecule has 1 aliphatic rings. The highest BCUT2D eigenvalue weighted by atomic mass is 16.6. The van der Waals surface area contributed by atoms with Crippen LogP contribution in [0.5, 0.6) is 0 Å². The van der Waals surface area contributed by atoms with E-state index in [2.05, 4.69) is 20.5 Å². The number of oxime groups is 2. The molecule has 0 bridgehead atoms. The predicted octanol–water partition coefficient (Wildman–Crippen LogP) is 4.34. The van der Waals surface area contributed by atoms with Crippen molar-refractivity contribution in [1.29, 1.82) is 0 Å². The molecule has 88 heavy (non-hydrogen) atoms. The first-order valence-corrected chi connectivity index (χ1v) is 29.5. The molecule has 5 rings (SSSR count). The Balaban J connectivity index is 1.58. The van der Waals surface area contributed by atoms with E-state index < -0.39 is 96.1 Å². The fourth-order valence-electron chi connectivity index (χ4n) is 10.1. The maximum absolute atomic E-state index is 15.1. The number of nitrogens with two attached hydrogens (primary N) is 2. The van der Waals surface area contributed by atoms with E-state index >= 15 is 9.59 Å². The average Bonchev–Trinajstić information content (AvgIpc) is 4.32. The maximum Gasteiger partial charge on any atom is 0.329 e. The molecule has 4 amide bonds. The fraction of sp³-hybridized carbons (Fsp3) is 0.548. The molecular formula is C62H88N12O14. The summed E-state index contributed by atoms with van der Waals surface area (Å²) in [5.41, 5.74) is 14.9. The number of carbonyl (C=O) groups excluding carboxylic acids is 8. The summed E-state index contributed by atoms with van der Waals surface area (Å²) in [6.07, 6.45) is -0.434. The number of amidine groups is 2. The Hall–Kier alpha value is -8.84. The highest BCUT2D eigenvalue weighted by molar-refractivity contribution is 5.97. The summed E-state index contributed by atoms with van der Waals surface area (Å²) in [4.78, 5) is 122. The van der Waals surface area contributed by atoms with E-state index in [1.54, 1.807) is 70.3 Å². The second-order valence-electron chi connectivity index (χ2n) is 24.3. The number of hydrogen-bond acceptors (Lipinski definition) is 18. The lowest BCUT2D eigenvalue weighted by Gasteiger charge is -2.35. The molecular weight excluding hydrogens is 1140 g/mol. The highest BCUT2D eigenvalue weighted by Crippen LogP contribution is 2.25. The van der Waals surface area contributed by atoms with Crippen LogP contribution >= 0.6 is 0 Å². The Morgan fingerprint density at radius 2 is 0.716 bits per heavy atom. The van der Waals surface area contributed by atoms with Crippen molar-refractivity contribution >= 4 is 59.2 Å². The zero-order valence-electron chi connectivity index (χ0n) is 52.9. The number of likely N-dealkylation sites (N-methyl/N-ethyl adjacent to an activating group) is 4. The maximum atomic E-state index is 15.1. The Bertz CT molecular complexity index is 2900. The standard InChI is InChI=1S/C62H88N12O14/c1-35(2)23-47-59(79)85-39(9)55(75)69(11)50(26-38(7)8)62(82)88-52(28-42-17-21-44(22-18-42)32-74-34-46(30-66-74)54(64)68-84)58(78)72(14)48(24-36(3)4)60(80)86-40(10)56(76)70(12)49(25-37(5)6)61(81)87-51(57(77)71(47)13)27-41-15-19-43(20-16-41)31-73-33-45(29-65-73)53(63)67-83/h15-22,29-30,33-40,47-52,83-84H,23-28,31-32H2,1-14H3,(H2,63,67)(H2,64,68)/t39-,40-,47+,48+,49+,50+,51-,52-/m1/s1. The van der Waals surface area contributed by atoms with Gasteiger partial charge in [-0.2, -0.15) is 10.2 Å². The molecule has 1 fully saturated rings. The van der Waals surface area contributed by atoms with Gasteiger partial charge in [0, 0.05) is 53.4 Å². The van der Waals surface area contributed by atoms with Crippen LogP contribution in [-0.2, 0) is 83.2 Å². The van der Waals surface area contributed by atoms with E-state index in [-0.39, 0.29) is 87.0 Å². The van der Waals surface area contributed by atoms with E-state index in [0.29, 0.717) is 22.3 Å². The van der Waals surface area contributed by atoms with Gasteiger partial charge in [0.15, 0.2) is 36.1 Å². The summed E-state index contributed by atoms with van der Waals surface area (Å²) in [5.74, 6) is -8.20. The molecule has 3 heterocycles. The van der Waals surface area contributed by atoms with Crippen molar-refractivity contribution in [2.75, 3.05) is 28.2 Å². The zero-order chi connectivity index (χ0) is 65.4. The van der Waals surface area contributed by atoms with Gasteiger partial charge < -0.3 is 60.4 Å². The molecule has 6 N–H and O–H groups in total. The molecule has 1 saturated heterocycles. The van der Waals surface area contributed by atoms with Crippen LogP contribution in [0.2, 0.25) is 0 Å². The molecule has 0 unspecified atom stereocenters. The van der Waals surface area contributed by atoms with E-state index in [1.807, 2.05) is 55.4 Å². The van der Waals surface area contributed by atoms with Crippen LogP contribution in [0.25, 0.3) is 0 Å². The molecule has 2 aromatic carbocycles. The van der Waals surface area contributed by atoms with Gasteiger partial charge in [-0.1, -0.05) is 114 Å². The first-order chi connectivity index (χ1) is 41.4. The lowest BCUT2D eigenvalue weighted by Crippen LogP contribution is -2.55. The smallest absolute Gasteiger partial charge is 0.329 e. The molecule has 4 aromatic rings. The quantitative estimate of drug-likeness (QED) is 0.0269. The average molecular weight is 1230 g/mol. The third-order valence-corrected chi connectivity index (χ3v) is 15.1. The van der Waals surface area contributed by atoms with E-state index in [4.69, 9.17) is 40.8 Å². The predicted molar refractivity (Wildman–Crippen MR) is 323 cm³/mol. The van der Waals surface area contributed by atoms with E-state index in [1.165, 1.54) is 54.4 Å². The molecule has 2 aromatic heterocycles. The molecule has 480 valence electrons. The Kier molecular flexibility index (Phi) is 25.2. The molecule has 8 atom stereocenters. The van der Waals surface area contributed by atoms with Gasteiger partial charge in [0.1, 0.15) is 24.2 Å². The number of nitrogens with zero attached hydrogens (tertiary/aromatic N) is 10. The van der Waals surface area contributed by atoms with Gasteiger partial charge in [-0.05, 0) is 85.5 Å². The summed E-state index contributed by atoms with van der Waals surface area (Å²) in [6.45, 7) is 17.8. The van der Waals surface area contributed by atoms with Crippen molar-refractivity contribution < 1.29 is 67.7 Å². The lowest BCUT2D eigenvalue weighted by atomic mass is 9.99. The van der Waals surface area contributed by atoms with Crippen molar-refractivity contribution in [2.24, 2.45) is 45.5 Å². The Morgan fingerprint density at radius 1 is 0.455 bits per heavy atom. The number of carbonyl (C=O) groups is 8. The second kappa shape index (κ2) is 31.7. The number of ether oxygens (including phenoxy) is 4. The number of hydrogen-bond donors (Lipinski definition) is 4. The van der Waals surface area contributed by atoms with Crippen LogP contribution in [-0.4, -0.2) is 186 Å². The summed E-state index contributed by atoms with van der Waals surface area (Å²) < 4.78 is 27.3. The van der Waals surface area contributed by atoms with Crippen molar-refractivity contribution in [3.8, 4) is 0 Å². The number of amides is 4. The minimum atomic E-state index is -1.60. The van der Waals surface area contributed by atoms with Crippen LogP contribution in [0.1, 0.15) is 128 Å². The van der Waals surface area contributed by atoms with Crippen molar-refractivity contribution in [1.82, 2.24) is 39.2 Å². The van der Waals surface area contributed by atoms with Gasteiger partial charge in [-0.3, -0.25) is 28.5 Å². The molecule has 0 saturated carbocycles. The van der Waals surface area contributed by atoms with Crippen molar-refractivity contribution in [3.05, 3.63) is 107 Å². The molecule has 26 heteroatoms. The lowest BCUT2D eigenvalue weighted by molar-refractivity contribution is -0.176. The van der Waals surface area contributed by atoms with Crippen LogP contribution in [0.3, 0.4) is 0 Å². The molecule has 1 aliphatic heterocycles. The molecule has 26 nitrogen and oxygen atoms in total.